The number of hydrogen-bond acceptors (Lipinski definition) is 2. The van der Waals surface area contributed by atoms with Crippen molar-refractivity contribution in [2.24, 2.45) is 17.8 Å². The first-order valence-electron chi connectivity index (χ1n) is 9.82. The van der Waals surface area contributed by atoms with Crippen LogP contribution in [0.25, 0.3) is 0 Å². The van der Waals surface area contributed by atoms with Crippen LogP contribution in [0.5, 0.6) is 11.5 Å². The minimum Gasteiger partial charge on any atom is -0.507 e. The van der Waals surface area contributed by atoms with Gasteiger partial charge in [-0.15, -0.1) is 0 Å². The molecule has 2 heteroatoms. The fraction of sp³-hybridized carbons (Fsp3) is 0.727. The smallest absolute Gasteiger partial charge is 0.125 e. The molecule has 1 aromatic carbocycles. The van der Waals surface area contributed by atoms with Gasteiger partial charge in [-0.05, 0) is 86.5 Å². The second kappa shape index (κ2) is 5.16. The van der Waals surface area contributed by atoms with E-state index in [1.807, 2.05) is 6.92 Å². The van der Waals surface area contributed by atoms with Crippen LogP contribution >= 0.6 is 0 Å². The Bertz CT molecular complexity index is 636. The number of benzene rings is 1. The maximum atomic E-state index is 10.9. The van der Waals surface area contributed by atoms with E-state index < -0.39 is 0 Å². The highest BCUT2D eigenvalue weighted by atomic mass is 16.3. The van der Waals surface area contributed by atoms with Crippen molar-refractivity contribution < 1.29 is 10.2 Å². The molecule has 5 rings (SSSR count). The number of aromatic hydroxyl groups is 2. The van der Waals surface area contributed by atoms with Crippen molar-refractivity contribution in [3.05, 3.63) is 22.8 Å². The van der Waals surface area contributed by atoms with Gasteiger partial charge in [-0.2, -0.15) is 0 Å². The molecule has 0 heterocycles. The lowest BCUT2D eigenvalue weighted by atomic mass is 9.47. The van der Waals surface area contributed by atoms with Crippen LogP contribution in [0.4, 0.5) is 0 Å². The second-order valence-electron chi connectivity index (χ2n) is 9.73. The third-order valence-corrected chi connectivity index (χ3v) is 7.73. The van der Waals surface area contributed by atoms with Crippen LogP contribution in [0.15, 0.2) is 6.07 Å². The normalized spacial score (nSPS) is 34.8. The van der Waals surface area contributed by atoms with E-state index in [-0.39, 0.29) is 10.8 Å². The van der Waals surface area contributed by atoms with E-state index in [0.29, 0.717) is 17.1 Å². The Kier molecular flexibility index (Phi) is 3.50. The Morgan fingerprint density at radius 3 is 1.96 bits per heavy atom. The summed E-state index contributed by atoms with van der Waals surface area (Å²) in [7, 11) is 0. The molecule has 2 nitrogen and oxygen atoms in total. The average Bonchev–Trinajstić information content (AvgIpc) is 2.51. The van der Waals surface area contributed by atoms with E-state index in [2.05, 4.69) is 26.8 Å². The number of rotatable bonds is 3. The summed E-state index contributed by atoms with van der Waals surface area (Å²) in [6.07, 6.45) is 8.92. The average molecular weight is 328 g/mol. The minimum absolute atomic E-state index is 0.0699. The molecule has 0 aromatic heterocycles. The summed E-state index contributed by atoms with van der Waals surface area (Å²) in [4.78, 5) is 0. The monoisotopic (exact) mass is 328 g/mol. The third kappa shape index (κ3) is 2.21. The Hall–Kier alpha value is -1.18. The molecule has 4 fully saturated rings. The third-order valence-electron chi connectivity index (χ3n) is 7.73. The zero-order valence-electron chi connectivity index (χ0n) is 15.7. The molecular formula is C22H32O2. The first-order chi connectivity index (χ1) is 11.3. The SMILES string of the molecule is CCC(C)(C)c1cc(C23CC4CC(CC(C4)C2)C3)c(O)c(C)c1O. The van der Waals surface area contributed by atoms with Gasteiger partial charge in [0.25, 0.3) is 0 Å². The van der Waals surface area contributed by atoms with Gasteiger partial charge in [0.2, 0.25) is 0 Å². The maximum absolute atomic E-state index is 10.9. The van der Waals surface area contributed by atoms with Gasteiger partial charge in [0.1, 0.15) is 11.5 Å². The lowest BCUT2D eigenvalue weighted by Crippen LogP contribution is -2.48. The summed E-state index contributed by atoms with van der Waals surface area (Å²) in [5.41, 5.74) is 2.94. The van der Waals surface area contributed by atoms with Crippen molar-refractivity contribution in [3.63, 3.8) is 0 Å². The lowest BCUT2D eigenvalue weighted by Gasteiger charge is -2.57. The summed E-state index contributed by atoms with van der Waals surface area (Å²) in [5.74, 6) is 3.23. The van der Waals surface area contributed by atoms with Gasteiger partial charge in [-0.1, -0.05) is 20.8 Å². The Morgan fingerprint density at radius 2 is 1.50 bits per heavy atom. The summed E-state index contributed by atoms with van der Waals surface area (Å²) in [6, 6.07) is 2.17. The highest BCUT2D eigenvalue weighted by Gasteiger charge is 2.52. The number of phenolic OH excluding ortho intramolecular Hbond substituents is 2. The molecule has 0 saturated heterocycles. The summed E-state index contributed by atoms with van der Waals surface area (Å²) >= 11 is 0. The predicted octanol–water partition coefficient (Wildman–Crippen LogP) is 5.56. The van der Waals surface area contributed by atoms with Gasteiger partial charge < -0.3 is 10.2 Å². The fourth-order valence-corrected chi connectivity index (χ4v) is 6.35. The maximum Gasteiger partial charge on any atom is 0.125 e. The van der Waals surface area contributed by atoms with E-state index in [0.717, 1.165) is 35.3 Å². The van der Waals surface area contributed by atoms with E-state index in [1.165, 1.54) is 38.5 Å². The molecule has 0 aliphatic heterocycles. The molecule has 1 aromatic rings. The molecule has 4 bridgehead atoms. The Labute approximate surface area is 146 Å². The largest absolute Gasteiger partial charge is 0.507 e. The van der Waals surface area contributed by atoms with Crippen LogP contribution in [0.1, 0.15) is 82.4 Å². The molecule has 24 heavy (non-hydrogen) atoms. The summed E-state index contributed by atoms with van der Waals surface area (Å²) in [6.45, 7) is 8.44. The molecular weight excluding hydrogens is 296 g/mol. The zero-order valence-corrected chi connectivity index (χ0v) is 15.7. The first kappa shape index (κ1) is 16.3. The van der Waals surface area contributed by atoms with Crippen LogP contribution in [-0.4, -0.2) is 10.2 Å². The van der Waals surface area contributed by atoms with Gasteiger partial charge in [0.15, 0.2) is 0 Å². The topological polar surface area (TPSA) is 40.5 Å². The lowest BCUT2D eigenvalue weighted by molar-refractivity contribution is -0.00626. The molecule has 0 atom stereocenters. The molecule has 2 N–H and O–H groups in total. The van der Waals surface area contributed by atoms with E-state index in [4.69, 9.17) is 0 Å². The van der Waals surface area contributed by atoms with Crippen LogP contribution in [-0.2, 0) is 10.8 Å². The molecule has 4 aliphatic rings. The molecule has 0 unspecified atom stereocenters. The standard InChI is InChI=1S/C22H32O2/c1-5-21(3,4)17-9-18(20(24)13(2)19(17)23)22-10-14-6-15(11-22)8-16(7-14)12-22/h9,14-16,23-24H,5-8,10-12H2,1-4H3. The zero-order chi connectivity index (χ0) is 17.3. The van der Waals surface area contributed by atoms with Crippen molar-refractivity contribution in [2.45, 2.75) is 83.5 Å². The van der Waals surface area contributed by atoms with Crippen LogP contribution in [0, 0.1) is 24.7 Å². The van der Waals surface area contributed by atoms with E-state index in [9.17, 15) is 10.2 Å². The Morgan fingerprint density at radius 1 is 1.00 bits per heavy atom. The van der Waals surface area contributed by atoms with E-state index in [1.54, 1.807) is 0 Å². The molecule has 4 aliphatic carbocycles. The number of hydrogen-bond donors (Lipinski definition) is 2. The van der Waals surface area contributed by atoms with Crippen molar-refractivity contribution >= 4 is 0 Å². The molecule has 0 amide bonds. The van der Waals surface area contributed by atoms with E-state index >= 15 is 0 Å². The van der Waals surface area contributed by atoms with Gasteiger partial charge >= 0.3 is 0 Å². The van der Waals surface area contributed by atoms with Gasteiger partial charge in [0, 0.05) is 16.7 Å². The quantitative estimate of drug-likeness (QED) is 0.762. The van der Waals surface area contributed by atoms with Crippen LogP contribution < -0.4 is 0 Å². The van der Waals surface area contributed by atoms with Crippen LogP contribution in [0.2, 0.25) is 0 Å². The molecule has 132 valence electrons. The van der Waals surface area contributed by atoms with Gasteiger partial charge in [0.05, 0.1) is 0 Å². The molecule has 4 saturated carbocycles. The van der Waals surface area contributed by atoms with Crippen LogP contribution in [0.3, 0.4) is 0 Å². The Balaban J connectivity index is 1.87. The minimum atomic E-state index is -0.0699. The molecule has 0 radical (unpaired) electrons. The fourth-order valence-electron chi connectivity index (χ4n) is 6.35. The second-order valence-corrected chi connectivity index (χ2v) is 9.73. The summed E-state index contributed by atoms with van der Waals surface area (Å²) in [5, 5.41) is 21.6. The number of phenols is 2. The van der Waals surface area contributed by atoms with Crippen molar-refractivity contribution in [3.8, 4) is 11.5 Å². The predicted molar refractivity (Wildman–Crippen MR) is 97.7 cm³/mol. The van der Waals surface area contributed by atoms with Crippen molar-refractivity contribution in [1.29, 1.82) is 0 Å². The van der Waals surface area contributed by atoms with Crippen molar-refractivity contribution in [1.82, 2.24) is 0 Å². The van der Waals surface area contributed by atoms with Gasteiger partial charge in [-0.25, -0.2) is 0 Å². The highest BCUT2D eigenvalue weighted by Crippen LogP contribution is 2.62. The summed E-state index contributed by atoms with van der Waals surface area (Å²) < 4.78 is 0. The highest BCUT2D eigenvalue weighted by molar-refractivity contribution is 5.57. The van der Waals surface area contributed by atoms with Crippen molar-refractivity contribution in [2.75, 3.05) is 0 Å². The molecule has 0 spiro atoms. The first-order valence-corrected chi connectivity index (χ1v) is 9.82. The van der Waals surface area contributed by atoms with Gasteiger partial charge in [-0.3, -0.25) is 0 Å².